The van der Waals surface area contributed by atoms with Crippen LogP contribution >= 0.6 is 0 Å². The molecule has 0 atom stereocenters. The molecular weight excluding hydrogens is 512 g/mol. The van der Waals surface area contributed by atoms with Crippen molar-refractivity contribution in [3.05, 3.63) is 46.7 Å². The molecular formula is C27H37F6N3O2. The molecule has 2 aliphatic rings. The molecule has 1 aromatic rings. The number of hydrogen-bond donors (Lipinski definition) is 0. The van der Waals surface area contributed by atoms with Crippen LogP contribution in [0.25, 0.3) is 0 Å². The van der Waals surface area contributed by atoms with E-state index >= 15 is 0 Å². The topological polar surface area (TPSA) is 36.0 Å². The second kappa shape index (κ2) is 12.6. The fraction of sp³-hybridized carbons (Fsp3) is 0.667. The minimum atomic E-state index is -4.92. The van der Waals surface area contributed by atoms with Crippen molar-refractivity contribution in [1.82, 2.24) is 14.7 Å². The fourth-order valence-corrected chi connectivity index (χ4v) is 5.45. The Hall–Kier alpha value is -2.43. The molecule has 3 rings (SSSR count). The standard InChI is InChI=1S/C27H37F6N3O2/c1-4-5-24(38-3)16-19-6-8-23(9-7-19)35-10-12-36(13-11-35)25(37)34(2)18-20-14-21(26(28,29)30)17-22(15-20)27(31,32)33/h5,14-15,17,19,23H,4,6-13,16,18H2,1-3H3/b24-5-. The van der Waals surface area contributed by atoms with Gasteiger partial charge < -0.3 is 14.5 Å². The number of rotatable bonds is 7. The predicted molar refractivity (Wildman–Crippen MR) is 132 cm³/mol. The van der Waals surface area contributed by atoms with Crippen LogP contribution in [0.1, 0.15) is 62.1 Å². The minimum Gasteiger partial charge on any atom is -0.501 e. The molecule has 1 saturated heterocycles. The van der Waals surface area contributed by atoms with Crippen molar-refractivity contribution < 1.29 is 35.9 Å². The molecule has 1 aliphatic carbocycles. The van der Waals surface area contributed by atoms with E-state index in [1.807, 2.05) is 0 Å². The van der Waals surface area contributed by atoms with Gasteiger partial charge in [0.2, 0.25) is 0 Å². The van der Waals surface area contributed by atoms with Crippen molar-refractivity contribution in [1.29, 1.82) is 0 Å². The Labute approximate surface area is 220 Å². The van der Waals surface area contributed by atoms with Gasteiger partial charge in [0.05, 0.1) is 24.0 Å². The molecule has 38 heavy (non-hydrogen) atoms. The number of benzene rings is 1. The smallest absolute Gasteiger partial charge is 0.416 e. The number of carbonyl (C=O) groups excluding carboxylic acids is 1. The third-order valence-corrected chi connectivity index (χ3v) is 7.50. The van der Waals surface area contributed by atoms with Gasteiger partial charge in [-0.25, -0.2) is 4.79 Å². The monoisotopic (exact) mass is 549 g/mol. The Morgan fingerprint density at radius 3 is 2.00 bits per heavy atom. The molecule has 2 amide bonds. The third-order valence-electron chi connectivity index (χ3n) is 7.50. The van der Waals surface area contributed by atoms with Crippen LogP contribution in [0.4, 0.5) is 31.1 Å². The maximum atomic E-state index is 13.2. The summed E-state index contributed by atoms with van der Waals surface area (Å²) in [7, 11) is 3.11. The van der Waals surface area contributed by atoms with E-state index in [1.165, 1.54) is 11.9 Å². The highest BCUT2D eigenvalue weighted by Crippen LogP contribution is 2.37. The van der Waals surface area contributed by atoms with Crippen LogP contribution in [-0.4, -0.2) is 67.1 Å². The van der Waals surface area contributed by atoms with Crippen molar-refractivity contribution in [2.45, 2.75) is 70.4 Å². The van der Waals surface area contributed by atoms with Gasteiger partial charge >= 0.3 is 18.4 Å². The molecule has 1 heterocycles. The van der Waals surface area contributed by atoms with Gasteiger partial charge in [-0.1, -0.05) is 6.92 Å². The average molecular weight is 550 g/mol. The van der Waals surface area contributed by atoms with Crippen LogP contribution in [0, 0.1) is 5.92 Å². The molecule has 214 valence electrons. The Bertz CT molecular complexity index is 930. The minimum absolute atomic E-state index is 0.0937. The zero-order valence-corrected chi connectivity index (χ0v) is 22.2. The summed E-state index contributed by atoms with van der Waals surface area (Å²) >= 11 is 0. The molecule has 0 bridgehead atoms. The zero-order chi connectivity index (χ0) is 28.1. The summed E-state index contributed by atoms with van der Waals surface area (Å²) in [6, 6.07) is 1.47. The van der Waals surface area contributed by atoms with Crippen molar-refractivity contribution in [2.75, 3.05) is 40.3 Å². The molecule has 11 heteroatoms. The lowest BCUT2D eigenvalue weighted by Gasteiger charge is -2.42. The van der Waals surface area contributed by atoms with E-state index in [9.17, 15) is 31.1 Å². The maximum absolute atomic E-state index is 13.2. The van der Waals surface area contributed by atoms with Crippen LogP contribution in [0.2, 0.25) is 0 Å². The Balaban J connectivity index is 1.53. The number of piperazine rings is 1. The summed E-state index contributed by atoms with van der Waals surface area (Å²) in [5.74, 6) is 1.65. The molecule has 0 aromatic heterocycles. The second-order valence-electron chi connectivity index (χ2n) is 10.2. The molecule has 0 N–H and O–H groups in total. The Kier molecular flexibility index (Phi) is 10.00. The molecule has 5 nitrogen and oxygen atoms in total. The lowest BCUT2D eigenvalue weighted by atomic mass is 9.83. The average Bonchev–Trinajstić information content (AvgIpc) is 2.87. The van der Waals surface area contributed by atoms with Gasteiger partial charge in [-0.15, -0.1) is 0 Å². The molecule has 0 unspecified atom stereocenters. The quantitative estimate of drug-likeness (QED) is 0.278. The molecule has 1 aliphatic heterocycles. The molecule has 0 radical (unpaired) electrons. The SMILES string of the molecule is CC/C=C(/CC1CCC(N2CCN(C(=O)N(C)Cc3cc(C(F)(F)F)cc(C(F)(F)F)c3)CC2)CC1)OC. The van der Waals surface area contributed by atoms with Crippen LogP contribution in [0.5, 0.6) is 0 Å². The van der Waals surface area contributed by atoms with Gasteiger partial charge in [-0.3, -0.25) is 4.90 Å². The van der Waals surface area contributed by atoms with E-state index in [2.05, 4.69) is 17.9 Å². The van der Waals surface area contributed by atoms with Crippen molar-refractivity contribution in [3.8, 4) is 0 Å². The predicted octanol–water partition coefficient (Wildman–Crippen LogP) is 6.78. The zero-order valence-electron chi connectivity index (χ0n) is 22.2. The number of amides is 2. The molecule has 2 fully saturated rings. The number of halogens is 6. The number of nitrogens with zero attached hydrogens (tertiary/aromatic N) is 3. The Morgan fingerprint density at radius 1 is 0.974 bits per heavy atom. The van der Waals surface area contributed by atoms with Crippen molar-refractivity contribution in [2.24, 2.45) is 5.92 Å². The first kappa shape index (κ1) is 30.1. The number of hydrogen-bond acceptors (Lipinski definition) is 3. The van der Waals surface area contributed by atoms with Crippen LogP contribution in [0.15, 0.2) is 30.0 Å². The number of allylic oxidation sites excluding steroid dienone is 2. The molecule has 0 spiro atoms. The number of ether oxygens (including phenoxy) is 1. The largest absolute Gasteiger partial charge is 0.501 e. The number of urea groups is 1. The van der Waals surface area contributed by atoms with Gasteiger partial charge in [0.25, 0.3) is 0 Å². The number of carbonyl (C=O) groups is 1. The van der Waals surface area contributed by atoms with Gasteiger partial charge in [0, 0.05) is 52.2 Å². The molecule has 1 saturated carbocycles. The van der Waals surface area contributed by atoms with E-state index in [0.717, 1.165) is 44.3 Å². The lowest BCUT2D eigenvalue weighted by molar-refractivity contribution is -0.143. The number of alkyl halides is 6. The highest BCUT2D eigenvalue weighted by atomic mass is 19.4. The Morgan fingerprint density at radius 2 is 1.53 bits per heavy atom. The normalized spacial score (nSPS) is 21.9. The first-order valence-electron chi connectivity index (χ1n) is 13.1. The fourth-order valence-electron chi connectivity index (χ4n) is 5.45. The van der Waals surface area contributed by atoms with E-state index in [0.29, 0.717) is 50.3 Å². The van der Waals surface area contributed by atoms with E-state index in [4.69, 9.17) is 4.74 Å². The first-order valence-corrected chi connectivity index (χ1v) is 13.1. The van der Waals surface area contributed by atoms with Crippen molar-refractivity contribution >= 4 is 6.03 Å². The van der Waals surface area contributed by atoms with Crippen LogP contribution < -0.4 is 0 Å². The van der Waals surface area contributed by atoms with E-state index in [-0.39, 0.29) is 18.2 Å². The maximum Gasteiger partial charge on any atom is 0.416 e. The van der Waals surface area contributed by atoms with Gasteiger partial charge in [0.1, 0.15) is 0 Å². The van der Waals surface area contributed by atoms with E-state index in [1.54, 1.807) is 12.0 Å². The first-order chi connectivity index (χ1) is 17.8. The highest BCUT2D eigenvalue weighted by molar-refractivity contribution is 5.74. The third kappa shape index (κ3) is 8.04. The van der Waals surface area contributed by atoms with Crippen LogP contribution in [-0.2, 0) is 23.6 Å². The van der Waals surface area contributed by atoms with Gasteiger partial charge in [-0.2, -0.15) is 26.3 Å². The summed E-state index contributed by atoms with van der Waals surface area (Å²) in [5.41, 5.74) is -2.98. The highest BCUT2D eigenvalue weighted by Gasteiger charge is 2.37. The summed E-state index contributed by atoms with van der Waals surface area (Å²) in [6.07, 6.45) is -1.41. The second-order valence-corrected chi connectivity index (χ2v) is 10.2. The van der Waals surface area contributed by atoms with Gasteiger partial charge in [-0.05, 0) is 67.9 Å². The van der Waals surface area contributed by atoms with Crippen LogP contribution in [0.3, 0.4) is 0 Å². The van der Waals surface area contributed by atoms with Gasteiger partial charge in [0.15, 0.2) is 0 Å². The summed E-state index contributed by atoms with van der Waals surface area (Å²) in [4.78, 5) is 18.1. The summed E-state index contributed by atoms with van der Waals surface area (Å²) < 4.78 is 84.5. The molecule has 1 aromatic carbocycles. The number of methoxy groups -OCH3 is 1. The lowest BCUT2D eigenvalue weighted by Crippen LogP contribution is -2.54. The van der Waals surface area contributed by atoms with Crippen molar-refractivity contribution in [3.63, 3.8) is 0 Å². The summed E-state index contributed by atoms with van der Waals surface area (Å²) in [5, 5.41) is 0. The summed E-state index contributed by atoms with van der Waals surface area (Å²) in [6.45, 7) is 4.05. The van der Waals surface area contributed by atoms with E-state index < -0.39 is 29.5 Å².